The topological polar surface area (TPSA) is 23.8 Å². The second-order valence-corrected chi connectivity index (χ2v) is 2.46. The molecule has 0 aliphatic rings. The summed E-state index contributed by atoms with van der Waals surface area (Å²) in [6.45, 7) is 2.08. The Bertz CT molecular complexity index is 106. The third kappa shape index (κ3) is 5.55. The summed E-state index contributed by atoms with van der Waals surface area (Å²) in [5, 5.41) is 8.10. The zero-order valence-corrected chi connectivity index (χ0v) is 6.44. The molecule has 58 valence electrons. The number of unbranched alkanes of at least 4 members (excludes halogenated alkanes) is 2. The largest absolute Gasteiger partial charge is 0.246 e. The van der Waals surface area contributed by atoms with E-state index in [1.807, 2.05) is 6.07 Å². The SMILES string of the molecule is CCCCCC(F)CC#N. The van der Waals surface area contributed by atoms with Gasteiger partial charge in [-0.2, -0.15) is 5.26 Å². The van der Waals surface area contributed by atoms with Gasteiger partial charge in [-0.3, -0.25) is 0 Å². The Kier molecular flexibility index (Phi) is 6.16. The first-order valence-corrected chi connectivity index (χ1v) is 3.82. The molecule has 0 aliphatic heterocycles. The van der Waals surface area contributed by atoms with Gasteiger partial charge in [-0.05, 0) is 6.42 Å². The molecule has 0 heterocycles. The van der Waals surface area contributed by atoms with Gasteiger partial charge < -0.3 is 0 Å². The van der Waals surface area contributed by atoms with E-state index in [2.05, 4.69) is 6.92 Å². The fraction of sp³-hybridized carbons (Fsp3) is 0.875. The van der Waals surface area contributed by atoms with Gasteiger partial charge in [0, 0.05) is 0 Å². The Labute approximate surface area is 61.9 Å². The standard InChI is InChI=1S/C8H14FN/c1-2-3-4-5-8(9)6-7-10/h8H,2-6H2,1H3. The Morgan fingerprint density at radius 3 is 2.70 bits per heavy atom. The van der Waals surface area contributed by atoms with Crippen LogP contribution in [0.4, 0.5) is 4.39 Å². The van der Waals surface area contributed by atoms with E-state index >= 15 is 0 Å². The molecule has 2 heteroatoms. The first kappa shape index (κ1) is 9.42. The van der Waals surface area contributed by atoms with E-state index in [1.165, 1.54) is 0 Å². The van der Waals surface area contributed by atoms with Crippen molar-refractivity contribution in [3.63, 3.8) is 0 Å². The van der Waals surface area contributed by atoms with E-state index in [1.54, 1.807) is 0 Å². The predicted octanol–water partition coefficient (Wildman–Crippen LogP) is 2.82. The number of rotatable bonds is 5. The maximum absolute atomic E-state index is 12.5. The lowest BCUT2D eigenvalue weighted by atomic mass is 10.1. The fourth-order valence-electron chi connectivity index (χ4n) is 0.817. The molecule has 0 N–H and O–H groups in total. The molecule has 0 aromatic carbocycles. The van der Waals surface area contributed by atoms with Gasteiger partial charge >= 0.3 is 0 Å². The second kappa shape index (κ2) is 6.54. The third-order valence-electron chi connectivity index (χ3n) is 1.43. The average Bonchev–Trinajstić information content (AvgIpc) is 1.89. The van der Waals surface area contributed by atoms with E-state index in [0.717, 1.165) is 19.3 Å². The summed E-state index contributed by atoms with van der Waals surface area (Å²) in [7, 11) is 0. The van der Waals surface area contributed by atoms with Crippen LogP contribution in [0.1, 0.15) is 39.0 Å². The molecule has 0 spiro atoms. The lowest BCUT2D eigenvalue weighted by Crippen LogP contribution is -1.97. The molecular weight excluding hydrogens is 129 g/mol. The van der Waals surface area contributed by atoms with Crippen LogP contribution in [0, 0.1) is 11.3 Å². The van der Waals surface area contributed by atoms with Gasteiger partial charge in [0.25, 0.3) is 0 Å². The van der Waals surface area contributed by atoms with E-state index in [0.29, 0.717) is 6.42 Å². The summed E-state index contributed by atoms with van der Waals surface area (Å²) in [6.07, 6.45) is 2.83. The molecule has 0 saturated heterocycles. The molecule has 0 aromatic rings. The van der Waals surface area contributed by atoms with Crippen LogP contribution in [0.25, 0.3) is 0 Å². The molecule has 0 radical (unpaired) electrons. The van der Waals surface area contributed by atoms with Crippen LogP contribution >= 0.6 is 0 Å². The lowest BCUT2D eigenvalue weighted by Gasteiger charge is -2.00. The summed E-state index contributed by atoms with van der Waals surface area (Å²) in [5.74, 6) is 0. The van der Waals surface area contributed by atoms with Gasteiger partial charge in [-0.15, -0.1) is 0 Å². The second-order valence-electron chi connectivity index (χ2n) is 2.46. The van der Waals surface area contributed by atoms with Crippen molar-refractivity contribution in [3.05, 3.63) is 0 Å². The highest BCUT2D eigenvalue weighted by molar-refractivity contribution is 4.74. The number of halogens is 1. The van der Waals surface area contributed by atoms with E-state index < -0.39 is 6.17 Å². The van der Waals surface area contributed by atoms with Crippen molar-refractivity contribution in [1.82, 2.24) is 0 Å². The van der Waals surface area contributed by atoms with Crippen molar-refractivity contribution in [2.45, 2.75) is 45.2 Å². The molecule has 0 saturated carbocycles. The van der Waals surface area contributed by atoms with Gasteiger partial charge in [0.05, 0.1) is 12.5 Å². The van der Waals surface area contributed by atoms with Crippen molar-refractivity contribution in [1.29, 1.82) is 5.26 Å². The van der Waals surface area contributed by atoms with Gasteiger partial charge in [0.15, 0.2) is 0 Å². The van der Waals surface area contributed by atoms with E-state index in [-0.39, 0.29) is 6.42 Å². The molecule has 0 amide bonds. The molecule has 1 nitrogen and oxygen atoms in total. The minimum absolute atomic E-state index is 0.0592. The Hall–Kier alpha value is -0.580. The summed E-state index contributed by atoms with van der Waals surface area (Å²) in [6, 6.07) is 1.82. The molecule has 10 heavy (non-hydrogen) atoms. The van der Waals surface area contributed by atoms with Crippen LogP contribution in [0.15, 0.2) is 0 Å². The van der Waals surface area contributed by atoms with Crippen LogP contribution in [0.3, 0.4) is 0 Å². The van der Waals surface area contributed by atoms with Gasteiger partial charge in [0.1, 0.15) is 6.17 Å². The van der Waals surface area contributed by atoms with E-state index in [9.17, 15) is 4.39 Å². The van der Waals surface area contributed by atoms with Crippen molar-refractivity contribution in [2.24, 2.45) is 0 Å². The van der Waals surface area contributed by atoms with Crippen LogP contribution in [0.5, 0.6) is 0 Å². The molecule has 1 atom stereocenters. The highest BCUT2D eigenvalue weighted by atomic mass is 19.1. The normalized spacial score (nSPS) is 12.5. The Morgan fingerprint density at radius 1 is 1.50 bits per heavy atom. The van der Waals surface area contributed by atoms with Crippen molar-refractivity contribution in [3.8, 4) is 6.07 Å². The van der Waals surface area contributed by atoms with Crippen molar-refractivity contribution >= 4 is 0 Å². The first-order valence-electron chi connectivity index (χ1n) is 3.82. The van der Waals surface area contributed by atoms with Crippen LogP contribution in [-0.2, 0) is 0 Å². The van der Waals surface area contributed by atoms with Gasteiger partial charge in [0.2, 0.25) is 0 Å². The zero-order valence-electron chi connectivity index (χ0n) is 6.44. The lowest BCUT2D eigenvalue weighted by molar-refractivity contribution is 0.310. The van der Waals surface area contributed by atoms with Crippen LogP contribution in [0.2, 0.25) is 0 Å². The fourth-order valence-corrected chi connectivity index (χ4v) is 0.817. The Balaban J connectivity index is 3.06. The summed E-state index contributed by atoms with van der Waals surface area (Å²) < 4.78 is 12.5. The molecule has 0 bridgehead atoms. The average molecular weight is 143 g/mol. The smallest absolute Gasteiger partial charge is 0.113 e. The van der Waals surface area contributed by atoms with Crippen molar-refractivity contribution in [2.75, 3.05) is 0 Å². The summed E-state index contributed by atoms with van der Waals surface area (Å²) in [5.41, 5.74) is 0. The summed E-state index contributed by atoms with van der Waals surface area (Å²) in [4.78, 5) is 0. The monoisotopic (exact) mass is 143 g/mol. The quantitative estimate of drug-likeness (QED) is 0.543. The highest BCUT2D eigenvalue weighted by Crippen LogP contribution is 2.08. The zero-order chi connectivity index (χ0) is 7.82. The molecule has 1 unspecified atom stereocenters. The number of nitriles is 1. The molecule has 0 aromatic heterocycles. The maximum atomic E-state index is 12.5. The van der Waals surface area contributed by atoms with Crippen molar-refractivity contribution < 1.29 is 4.39 Å². The number of hydrogen-bond acceptors (Lipinski definition) is 1. The number of alkyl halides is 1. The van der Waals surface area contributed by atoms with Gasteiger partial charge in [-0.1, -0.05) is 26.2 Å². The molecule has 0 fully saturated rings. The molecule has 0 rings (SSSR count). The minimum Gasteiger partial charge on any atom is -0.246 e. The predicted molar refractivity (Wildman–Crippen MR) is 39.3 cm³/mol. The van der Waals surface area contributed by atoms with E-state index in [4.69, 9.17) is 5.26 Å². The minimum atomic E-state index is -0.892. The molecular formula is C8H14FN. The maximum Gasteiger partial charge on any atom is 0.113 e. The summed E-state index contributed by atoms with van der Waals surface area (Å²) >= 11 is 0. The van der Waals surface area contributed by atoms with Gasteiger partial charge in [-0.25, -0.2) is 4.39 Å². The van der Waals surface area contributed by atoms with Crippen LogP contribution < -0.4 is 0 Å². The number of nitrogens with zero attached hydrogens (tertiary/aromatic N) is 1. The van der Waals surface area contributed by atoms with Crippen LogP contribution in [-0.4, -0.2) is 6.17 Å². The highest BCUT2D eigenvalue weighted by Gasteiger charge is 2.03. The Morgan fingerprint density at radius 2 is 2.20 bits per heavy atom. The third-order valence-corrected chi connectivity index (χ3v) is 1.43. The molecule has 0 aliphatic carbocycles. The first-order chi connectivity index (χ1) is 4.81. The number of hydrogen-bond donors (Lipinski definition) is 0.